The quantitative estimate of drug-likeness (QED) is 0.450. The van der Waals surface area contributed by atoms with E-state index in [1.165, 1.54) is 5.56 Å². The highest BCUT2D eigenvalue weighted by atomic mass is 35.5. The predicted octanol–water partition coefficient (Wildman–Crippen LogP) is 4.70. The molecule has 1 aliphatic carbocycles. The van der Waals surface area contributed by atoms with Gasteiger partial charge in [-0.05, 0) is 81.5 Å². The SMILES string of the molecule is CCOc1cc2c(cc1OCC)C(C1CCc3nc(N4CCN(c5ccc(Cl)cc5)CC4)[nH]c(=O)c3C1)=NCC2. The summed E-state index contributed by atoms with van der Waals surface area (Å²) < 4.78 is 11.8. The normalized spacial score (nSPS) is 18.6. The van der Waals surface area contributed by atoms with E-state index < -0.39 is 0 Å². The van der Waals surface area contributed by atoms with E-state index >= 15 is 0 Å². The Morgan fingerprint density at radius 1 is 0.975 bits per heavy atom. The lowest BCUT2D eigenvalue weighted by molar-refractivity contribution is 0.287. The van der Waals surface area contributed by atoms with Crippen LogP contribution < -0.4 is 24.8 Å². The molecular formula is C31H36ClN5O3. The number of nitrogens with one attached hydrogen (secondary N) is 1. The number of aromatic nitrogens is 2. The number of benzene rings is 2. The van der Waals surface area contributed by atoms with Gasteiger partial charge >= 0.3 is 0 Å². The van der Waals surface area contributed by atoms with E-state index in [4.69, 9.17) is 31.1 Å². The zero-order valence-electron chi connectivity index (χ0n) is 23.2. The maximum Gasteiger partial charge on any atom is 0.255 e. The van der Waals surface area contributed by atoms with Crippen molar-refractivity contribution in [1.29, 1.82) is 0 Å². The van der Waals surface area contributed by atoms with Gasteiger partial charge in [-0.2, -0.15) is 0 Å². The maximum absolute atomic E-state index is 13.4. The molecular weight excluding hydrogens is 526 g/mol. The van der Waals surface area contributed by atoms with Crippen LogP contribution in [-0.2, 0) is 19.3 Å². The molecule has 3 aliphatic rings. The molecule has 9 heteroatoms. The fourth-order valence-electron chi connectivity index (χ4n) is 6.13. The molecule has 0 spiro atoms. The first-order valence-corrected chi connectivity index (χ1v) is 14.8. The Morgan fingerprint density at radius 2 is 1.68 bits per heavy atom. The van der Waals surface area contributed by atoms with Crippen molar-refractivity contribution in [2.24, 2.45) is 10.9 Å². The van der Waals surface area contributed by atoms with E-state index in [2.05, 4.69) is 39.0 Å². The molecule has 6 rings (SSSR count). The highest BCUT2D eigenvalue weighted by Crippen LogP contribution is 2.36. The number of piperazine rings is 1. The summed E-state index contributed by atoms with van der Waals surface area (Å²) in [6, 6.07) is 12.2. The van der Waals surface area contributed by atoms with Crippen LogP contribution in [0.2, 0.25) is 5.02 Å². The summed E-state index contributed by atoms with van der Waals surface area (Å²) in [6.07, 6.45) is 3.22. The lowest BCUT2D eigenvalue weighted by atomic mass is 9.79. The number of aromatic amines is 1. The Kier molecular flexibility index (Phi) is 7.69. The van der Waals surface area contributed by atoms with Crippen LogP contribution in [0.1, 0.15) is 42.7 Å². The number of H-pyrrole nitrogens is 1. The van der Waals surface area contributed by atoms with Crippen LogP contribution in [0.15, 0.2) is 46.2 Å². The Balaban J connectivity index is 1.19. The molecule has 40 heavy (non-hydrogen) atoms. The van der Waals surface area contributed by atoms with Crippen LogP contribution in [0.4, 0.5) is 11.6 Å². The van der Waals surface area contributed by atoms with Crippen LogP contribution in [0.25, 0.3) is 0 Å². The molecule has 2 aromatic carbocycles. The molecule has 8 nitrogen and oxygen atoms in total. The topological polar surface area (TPSA) is 83.0 Å². The Morgan fingerprint density at radius 3 is 2.40 bits per heavy atom. The maximum atomic E-state index is 13.4. The summed E-state index contributed by atoms with van der Waals surface area (Å²) >= 11 is 6.05. The van der Waals surface area contributed by atoms with E-state index in [0.717, 1.165) is 96.7 Å². The summed E-state index contributed by atoms with van der Waals surface area (Å²) in [7, 11) is 0. The lowest BCUT2D eigenvalue weighted by Gasteiger charge is -2.37. The van der Waals surface area contributed by atoms with Crippen molar-refractivity contribution < 1.29 is 9.47 Å². The van der Waals surface area contributed by atoms with Crippen molar-refractivity contribution in [3.63, 3.8) is 0 Å². The van der Waals surface area contributed by atoms with Gasteiger partial charge in [0.2, 0.25) is 5.95 Å². The number of hydrogen-bond donors (Lipinski definition) is 1. The third-order valence-corrected chi connectivity index (χ3v) is 8.39. The minimum atomic E-state index is -0.0248. The van der Waals surface area contributed by atoms with Gasteiger partial charge in [-0.1, -0.05) is 11.6 Å². The molecule has 1 saturated heterocycles. The smallest absolute Gasteiger partial charge is 0.255 e. The van der Waals surface area contributed by atoms with Crippen molar-refractivity contribution in [3.05, 3.63) is 74.2 Å². The fourth-order valence-corrected chi connectivity index (χ4v) is 6.26. The number of rotatable bonds is 7. The summed E-state index contributed by atoms with van der Waals surface area (Å²) in [5.41, 5.74) is 6.31. The third kappa shape index (κ3) is 5.29. The van der Waals surface area contributed by atoms with Crippen LogP contribution in [0.5, 0.6) is 11.5 Å². The number of aliphatic imine (C=N–C) groups is 1. The number of fused-ring (bicyclic) bond motifs is 2. The predicted molar refractivity (Wildman–Crippen MR) is 160 cm³/mol. The number of hydrogen-bond acceptors (Lipinski definition) is 7. The fraction of sp³-hybridized carbons (Fsp3) is 0.452. The third-order valence-electron chi connectivity index (χ3n) is 8.13. The lowest BCUT2D eigenvalue weighted by Crippen LogP contribution is -2.47. The zero-order chi connectivity index (χ0) is 27.6. The molecule has 1 fully saturated rings. The summed E-state index contributed by atoms with van der Waals surface area (Å²) in [5.74, 6) is 2.41. The molecule has 0 radical (unpaired) electrons. The molecule has 3 aromatic rings. The Labute approximate surface area is 240 Å². The minimum Gasteiger partial charge on any atom is -0.490 e. The number of ether oxygens (including phenoxy) is 2. The number of aryl methyl sites for hydroxylation is 1. The number of halogens is 1. The van der Waals surface area contributed by atoms with Crippen molar-refractivity contribution in [3.8, 4) is 11.5 Å². The van der Waals surface area contributed by atoms with Gasteiger partial charge in [-0.3, -0.25) is 14.8 Å². The molecule has 0 saturated carbocycles. The monoisotopic (exact) mass is 561 g/mol. The molecule has 0 amide bonds. The van der Waals surface area contributed by atoms with Crippen molar-refractivity contribution >= 4 is 28.9 Å². The van der Waals surface area contributed by atoms with Gasteiger partial charge < -0.3 is 19.3 Å². The first kappa shape index (κ1) is 26.7. The summed E-state index contributed by atoms with van der Waals surface area (Å²) in [4.78, 5) is 30.9. The van der Waals surface area contributed by atoms with Gasteiger partial charge in [0.15, 0.2) is 11.5 Å². The second-order valence-electron chi connectivity index (χ2n) is 10.5. The zero-order valence-corrected chi connectivity index (χ0v) is 24.0. The van der Waals surface area contributed by atoms with E-state index in [1.807, 2.05) is 26.0 Å². The molecule has 1 N–H and O–H groups in total. The standard InChI is InChI=1S/C31H36ClN5O3/c1-3-39-27-18-20-11-12-33-29(24(20)19-28(27)40-4-2)21-5-10-26-25(17-21)30(38)35-31(34-26)37-15-13-36(14-16-37)23-8-6-22(32)7-9-23/h6-9,18-19,21H,3-5,10-17H2,1-2H3,(H,34,35,38). The van der Waals surface area contributed by atoms with E-state index in [0.29, 0.717) is 25.6 Å². The number of nitrogens with zero attached hydrogens (tertiary/aromatic N) is 4. The highest BCUT2D eigenvalue weighted by Gasteiger charge is 2.31. The molecule has 210 valence electrons. The molecule has 1 unspecified atom stereocenters. The van der Waals surface area contributed by atoms with Crippen molar-refractivity contribution in [2.45, 2.75) is 39.5 Å². The first-order valence-electron chi connectivity index (χ1n) is 14.4. The van der Waals surface area contributed by atoms with E-state index in [-0.39, 0.29) is 11.5 Å². The Bertz CT molecular complexity index is 1460. The molecule has 3 heterocycles. The second-order valence-corrected chi connectivity index (χ2v) is 11.0. The van der Waals surface area contributed by atoms with E-state index in [1.54, 1.807) is 0 Å². The van der Waals surface area contributed by atoms with Gasteiger partial charge in [0.25, 0.3) is 5.56 Å². The largest absolute Gasteiger partial charge is 0.490 e. The molecule has 1 aromatic heterocycles. The van der Waals surface area contributed by atoms with Gasteiger partial charge in [-0.15, -0.1) is 0 Å². The van der Waals surface area contributed by atoms with Crippen molar-refractivity contribution in [2.75, 3.05) is 55.7 Å². The second kappa shape index (κ2) is 11.5. The van der Waals surface area contributed by atoms with Crippen molar-refractivity contribution in [1.82, 2.24) is 9.97 Å². The Hall–Kier alpha value is -3.52. The summed E-state index contributed by atoms with van der Waals surface area (Å²) in [5, 5.41) is 0.742. The molecule has 2 aliphatic heterocycles. The van der Waals surface area contributed by atoms with Gasteiger partial charge in [0, 0.05) is 66.2 Å². The van der Waals surface area contributed by atoms with Crippen LogP contribution in [0.3, 0.4) is 0 Å². The average Bonchev–Trinajstić information content (AvgIpc) is 2.98. The van der Waals surface area contributed by atoms with Gasteiger partial charge in [0.05, 0.1) is 18.9 Å². The van der Waals surface area contributed by atoms with Crippen LogP contribution in [0, 0.1) is 5.92 Å². The number of anilines is 2. The minimum absolute atomic E-state index is 0.0248. The average molecular weight is 562 g/mol. The molecule has 1 atom stereocenters. The van der Waals surface area contributed by atoms with Gasteiger partial charge in [0.1, 0.15) is 0 Å². The van der Waals surface area contributed by atoms with Crippen LogP contribution >= 0.6 is 11.6 Å². The van der Waals surface area contributed by atoms with E-state index in [9.17, 15) is 4.79 Å². The summed E-state index contributed by atoms with van der Waals surface area (Å²) in [6.45, 7) is 9.20. The van der Waals surface area contributed by atoms with Crippen LogP contribution in [-0.4, -0.2) is 61.6 Å². The molecule has 0 bridgehead atoms. The van der Waals surface area contributed by atoms with Gasteiger partial charge in [-0.25, -0.2) is 4.98 Å². The highest BCUT2D eigenvalue weighted by molar-refractivity contribution is 6.30. The first-order chi connectivity index (χ1) is 19.5.